The Kier molecular flexibility index (Phi) is 11.7. The summed E-state index contributed by atoms with van der Waals surface area (Å²) < 4.78 is 0. The van der Waals surface area contributed by atoms with Gasteiger partial charge in [0.2, 0.25) is 0 Å². The van der Waals surface area contributed by atoms with E-state index in [0.717, 1.165) is 83.5 Å². The van der Waals surface area contributed by atoms with Crippen molar-refractivity contribution in [3.8, 4) is 11.1 Å². The summed E-state index contributed by atoms with van der Waals surface area (Å²) in [5.74, 6) is 1.07. The minimum absolute atomic E-state index is 0.320. The fourth-order valence-electron chi connectivity index (χ4n) is 13.4. The molecule has 0 spiro atoms. The van der Waals surface area contributed by atoms with Crippen LogP contribution in [0, 0.1) is 17.8 Å². The number of rotatable bonds is 8. The van der Waals surface area contributed by atoms with Crippen molar-refractivity contribution < 1.29 is 0 Å². The van der Waals surface area contributed by atoms with Crippen molar-refractivity contribution in [1.82, 2.24) is 0 Å². The summed E-state index contributed by atoms with van der Waals surface area (Å²) in [4.78, 5) is 0. The molecule has 5 aromatic carbocycles. The Hall–Kier alpha value is -7.02. The maximum atomic E-state index is 2.67. The molecule has 0 saturated heterocycles. The van der Waals surface area contributed by atoms with Gasteiger partial charge in [0.25, 0.3) is 0 Å². The fourth-order valence-corrected chi connectivity index (χ4v) is 13.4. The Morgan fingerprint density at radius 1 is 0.380 bits per heavy atom. The van der Waals surface area contributed by atoms with E-state index in [1.165, 1.54) is 120 Å². The van der Waals surface area contributed by atoms with Crippen LogP contribution in [0.4, 0.5) is 0 Å². The summed E-state index contributed by atoms with van der Waals surface area (Å²) in [5.41, 5.74) is 20.1. The number of fused-ring (bicyclic) bond motifs is 4. The van der Waals surface area contributed by atoms with Crippen LogP contribution in [0.1, 0.15) is 113 Å². The maximum absolute atomic E-state index is 2.67. The van der Waals surface area contributed by atoms with Crippen molar-refractivity contribution in [1.29, 1.82) is 0 Å². The van der Waals surface area contributed by atoms with Crippen LogP contribution >= 0.6 is 0 Å². The molecule has 0 nitrogen and oxygen atoms in total. The molecule has 8 aliphatic carbocycles. The van der Waals surface area contributed by atoms with Gasteiger partial charge < -0.3 is 0 Å². The van der Waals surface area contributed by atoms with E-state index in [1.54, 1.807) is 0 Å². The van der Waals surface area contributed by atoms with E-state index in [2.05, 4.69) is 201 Å². The molecule has 5 aromatic rings. The summed E-state index contributed by atoms with van der Waals surface area (Å²) in [6, 6.07) is 28.2. The van der Waals surface area contributed by atoms with Crippen molar-refractivity contribution in [2.45, 2.75) is 90.4 Å². The first kappa shape index (κ1) is 44.0. The highest BCUT2D eigenvalue weighted by Crippen LogP contribution is 2.42. The molecule has 0 heterocycles. The Labute approximate surface area is 420 Å². The highest BCUT2D eigenvalue weighted by atomic mass is 14.3. The lowest BCUT2D eigenvalue weighted by Crippen LogP contribution is -2.37. The van der Waals surface area contributed by atoms with Crippen LogP contribution in [-0.2, 0) is 0 Å². The van der Waals surface area contributed by atoms with Gasteiger partial charge in [-0.25, -0.2) is 0 Å². The quantitative estimate of drug-likeness (QED) is 0.145. The molecule has 0 aromatic heterocycles. The van der Waals surface area contributed by atoms with Crippen molar-refractivity contribution in [3.63, 3.8) is 0 Å². The molecule has 3 unspecified atom stereocenters. The van der Waals surface area contributed by atoms with E-state index in [-0.39, 0.29) is 0 Å². The van der Waals surface area contributed by atoms with Gasteiger partial charge in [-0.15, -0.1) is 0 Å². The first-order chi connectivity index (χ1) is 35.1. The Morgan fingerprint density at radius 2 is 0.887 bits per heavy atom. The predicted molar refractivity (Wildman–Crippen MR) is 307 cm³/mol. The van der Waals surface area contributed by atoms with Gasteiger partial charge in [0.15, 0.2) is 0 Å². The smallest absolute Gasteiger partial charge is 0.00589 e. The molecule has 8 aliphatic rings. The summed E-state index contributed by atoms with van der Waals surface area (Å²) in [6.45, 7) is 2.50. The first-order valence-electron chi connectivity index (χ1n) is 27.1. The zero-order valence-electron chi connectivity index (χ0n) is 41.4. The van der Waals surface area contributed by atoms with Crippen molar-refractivity contribution in [3.05, 3.63) is 235 Å². The van der Waals surface area contributed by atoms with Crippen LogP contribution in [0.5, 0.6) is 0 Å². The molecule has 3 atom stereocenters. The number of hydrogen-bond donors (Lipinski definition) is 0. The summed E-state index contributed by atoms with van der Waals surface area (Å²) in [6.07, 6.45) is 63.0. The number of benzene rings is 5. The van der Waals surface area contributed by atoms with E-state index >= 15 is 0 Å². The summed E-state index contributed by atoms with van der Waals surface area (Å²) >= 11 is 0. The van der Waals surface area contributed by atoms with Crippen LogP contribution in [0.3, 0.4) is 0 Å². The minimum Gasteiger partial charge on any atom is -0.0842 e. The molecular weight excluding hydrogens is 853 g/mol. The molecule has 0 amide bonds. The zero-order chi connectivity index (χ0) is 47.3. The van der Waals surface area contributed by atoms with Gasteiger partial charge >= 0.3 is 0 Å². The lowest BCUT2D eigenvalue weighted by molar-refractivity contribution is 0.769. The molecule has 0 radical (unpaired) electrons. The topological polar surface area (TPSA) is 0 Å². The van der Waals surface area contributed by atoms with Crippen LogP contribution in [0.15, 0.2) is 192 Å². The fraction of sp³-hybridized carbons (Fsp3) is 0.239. The van der Waals surface area contributed by atoms with Gasteiger partial charge in [0.05, 0.1) is 0 Å². The Bertz CT molecular complexity index is 3710. The normalized spacial score (nSPS) is 22.5. The minimum atomic E-state index is 0.320. The molecule has 71 heavy (non-hydrogen) atoms. The van der Waals surface area contributed by atoms with E-state index < -0.39 is 0 Å². The SMILES string of the molecule is CC1CC(c2c3c(c(C4=CC=C(C5=CC=CCC5)CC4)c4ccccc24)=CC(C2=CCCC=C2)CC=3)=CC=C1c1c2c(c(-c3ccc(C4=CC=CCC4)cc3)c3ccccc13)=CC(C1=CCCC=C1)CC=2. The molecule has 0 aliphatic heterocycles. The molecule has 0 fully saturated rings. The monoisotopic (exact) mass is 917 g/mol. The van der Waals surface area contributed by atoms with E-state index in [9.17, 15) is 0 Å². The molecule has 0 heteroatoms. The van der Waals surface area contributed by atoms with Crippen molar-refractivity contribution >= 4 is 68.1 Å². The summed E-state index contributed by atoms with van der Waals surface area (Å²) in [7, 11) is 0. The Balaban J connectivity index is 0.985. The largest absolute Gasteiger partial charge is 0.0842 e. The zero-order valence-corrected chi connectivity index (χ0v) is 41.4. The third-order valence-electron chi connectivity index (χ3n) is 17.0. The van der Waals surface area contributed by atoms with Gasteiger partial charge in [0.1, 0.15) is 0 Å². The van der Waals surface area contributed by atoms with Crippen molar-refractivity contribution in [2.24, 2.45) is 17.8 Å². The third-order valence-corrected chi connectivity index (χ3v) is 17.0. The Morgan fingerprint density at radius 3 is 1.45 bits per heavy atom. The van der Waals surface area contributed by atoms with Crippen LogP contribution in [0.2, 0.25) is 0 Å². The standard InChI is InChI=1S/C71H64/c1-47-44-58(70-61-27-15-14-26-60(61)68(54-34-30-52(31-35-54)48-18-6-2-7-19-48)66-45-56(38-42-64(66)70)50-22-10-4-11-23-50)40-41-59(47)71-63-29-17-16-28-62(63)69(55-36-32-53(33-37-55)49-20-8-3-9-21-49)67-46-57(39-43-65(67)71)51-24-12-5-13-25-51/h2-3,6,8,10,12,14-18,20,22-30,32-34,36-37,40-43,45-47,56-57H,4-5,7,9,11,13,19,21,31,35,38-39,44H2,1H3. The van der Waals surface area contributed by atoms with Gasteiger partial charge in [-0.1, -0.05) is 201 Å². The molecule has 0 bridgehead atoms. The van der Waals surface area contributed by atoms with Crippen LogP contribution in [-0.4, -0.2) is 0 Å². The van der Waals surface area contributed by atoms with Crippen LogP contribution < -0.4 is 20.9 Å². The summed E-state index contributed by atoms with van der Waals surface area (Å²) in [5, 5.41) is 11.2. The highest BCUT2D eigenvalue weighted by molar-refractivity contribution is 6.06. The number of allylic oxidation sites excluding steroid dienone is 24. The second-order valence-electron chi connectivity index (χ2n) is 21.2. The molecular formula is C71H64. The lowest BCUT2D eigenvalue weighted by Gasteiger charge is -2.29. The second kappa shape index (κ2) is 19.0. The van der Waals surface area contributed by atoms with E-state index in [1.807, 2.05) is 0 Å². The maximum Gasteiger partial charge on any atom is 0.00589 e. The first-order valence-corrected chi connectivity index (χ1v) is 27.1. The number of hydrogen-bond acceptors (Lipinski definition) is 0. The van der Waals surface area contributed by atoms with E-state index in [4.69, 9.17) is 0 Å². The lowest BCUT2D eigenvalue weighted by atomic mass is 9.75. The average Bonchev–Trinajstić information content (AvgIpc) is 3.44. The molecule has 348 valence electrons. The predicted octanol–water partition coefficient (Wildman–Crippen LogP) is 16.0. The van der Waals surface area contributed by atoms with Crippen molar-refractivity contribution in [2.75, 3.05) is 0 Å². The molecule has 0 saturated carbocycles. The van der Waals surface area contributed by atoms with Gasteiger partial charge in [-0.05, 0) is 210 Å². The van der Waals surface area contributed by atoms with Gasteiger partial charge in [-0.2, -0.15) is 0 Å². The average molecular weight is 917 g/mol. The van der Waals surface area contributed by atoms with Crippen LogP contribution in [0.25, 0.3) is 79.3 Å². The molecule has 13 rings (SSSR count). The third kappa shape index (κ3) is 8.11. The highest BCUT2D eigenvalue weighted by Gasteiger charge is 2.28. The second-order valence-corrected chi connectivity index (χ2v) is 21.2. The van der Waals surface area contributed by atoms with E-state index in [0.29, 0.717) is 17.8 Å². The van der Waals surface area contributed by atoms with Gasteiger partial charge in [0, 0.05) is 11.8 Å². The van der Waals surface area contributed by atoms with Gasteiger partial charge in [-0.3, -0.25) is 0 Å². The molecule has 0 N–H and O–H groups in total.